The molecule has 0 heterocycles. The molecule has 2 aromatic carbocycles. The van der Waals surface area contributed by atoms with Gasteiger partial charge < -0.3 is 9.47 Å². The minimum absolute atomic E-state index is 0.0426. The highest BCUT2D eigenvalue weighted by Gasteiger charge is 2.53. The molecule has 0 unspecified atom stereocenters. The molecule has 11 heteroatoms. The summed E-state index contributed by atoms with van der Waals surface area (Å²) < 4.78 is 48.2. The number of esters is 2. The average Bonchev–Trinajstić information content (AvgIpc) is 2.82. The van der Waals surface area contributed by atoms with Crippen LogP contribution in [-0.2, 0) is 25.1 Å². The van der Waals surface area contributed by atoms with Gasteiger partial charge in [-0.1, -0.05) is 0 Å². The Morgan fingerprint density at radius 2 is 1.61 bits per heavy atom. The lowest BCUT2D eigenvalue weighted by atomic mass is 9.48. The third kappa shape index (κ3) is 6.20. The van der Waals surface area contributed by atoms with Gasteiger partial charge >= 0.3 is 11.9 Å². The lowest BCUT2D eigenvalue weighted by Crippen LogP contribution is -2.49. The first kappa shape index (κ1) is 29.0. The SMILES string of the molecule is O=C(CCCOC(=O)c1cc(I)cc(I)c1I)Oc1ccc(S(=O)(=O)O)c(C23CC4CC(CC(C4)C2)C3)c1. The van der Waals surface area contributed by atoms with E-state index in [-0.39, 0.29) is 29.1 Å². The Labute approximate surface area is 263 Å². The molecule has 0 saturated heterocycles. The molecule has 0 aromatic heterocycles. The number of carbonyl (C=O) groups is 2. The molecule has 0 aliphatic heterocycles. The first-order valence-corrected chi connectivity index (χ1v) is 17.3. The molecule has 7 nitrogen and oxygen atoms in total. The molecule has 4 aliphatic carbocycles. The molecule has 0 spiro atoms. The highest BCUT2D eigenvalue weighted by Crippen LogP contribution is 2.61. The van der Waals surface area contributed by atoms with E-state index in [4.69, 9.17) is 9.47 Å². The van der Waals surface area contributed by atoms with Crippen LogP contribution in [0.1, 0.15) is 67.3 Å². The second-order valence-electron chi connectivity index (χ2n) is 10.8. The van der Waals surface area contributed by atoms with Crippen LogP contribution in [-0.4, -0.2) is 31.5 Å². The molecule has 1 N–H and O–H groups in total. The molecular formula is C27H27I3O7S. The molecule has 204 valence electrons. The highest BCUT2D eigenvalue weighted by molar-refractivity contribution is 14.1. The molecule has 0 radical (unpaired) electrons. The van der Waals surface area contributed by atoms with Crippen molar-refractivity contribution in [1.29, 1.82) is 0 Å². The highest BCUT2D eigenvalue weighted by atomic mass is 127. The predicted octanol–water partition coefficient (Wildman–Crippen LogP) is 6.76. The summed E-state index contributed by atoms with van der Waals surface area (Å²) in [7, 11) is -4.42. The summed E-state index contributed by atoms with van der Waals surface area (Å²) in [6.45, 7) is 0.0757. The fourth-order valence-corrected chi connectivity index (χ4v) is 10.2. The van der Waals surface area contributed by atoms with E-state index in [1.165, 1.54) is 31.4 Å². The first-order valence-electron chi connectivity index (χ1n) is 12.6. The summed E-state index contributed by atoms with van der Waals surface area (Å²) in [6.07, 6.45) is 6.65. The van der Waals surface area contributed by atoms with Gasteiger partial charge in [-0.3, -0.25) is 9.35 Å². The van der Waals surface area contributed by atoms with Crippen molar-refractivity contribution >= 4 is 89.8 Å². The van der Waals surface area contributed by atoms with Gasteiger partial charge in [-0.2, -0.15) is 8.42 Å². The summed E-state index contributed by atoms with van der Waals surface area (Å²) in [6, 6.07) is 8.18. The fourth-order valence-electron chi connectivity index (χ4n) is 7.00. The van der Waals surface area contributed by atoms with Gasteiger partial charge in [0.15, 0.2) is 0 Å². The molecule has 4 bridgehead atoms. The fraction of sp³-hybridized carbons (Fsp3) is 0.481. The minimum Gasteiger partial charge on any atom is -0.462 e. The summed E-state index contributed by atoms with van der Waals surface area (Å²) in [4.78, 5) is 25.0. The van der Waals surface area contributed by atoms with Crippen molar-refractivity contribution in [2.45, 2.75) is 61.7 Å². The predicted molar refractivity (Wildman–Crippen MR) is 166 cm³/mol. The van der Waals surface area contributed by atoms with Crippen molar-refractivity contribution in [2.75, 3.05) is 6.61 Å². The van der Waals surface area contributed by atoms with Gasteiger partial charge in [0.1, 0.15) is 5.75 Å². The van der Waals surface area contributed by atoms with Gasteiger partial charge in [0.05, 0.1) is 17.1 Å². The summed E-state index contributed by atoms with van der Waals surface area (Å²) >= 11 is 6.45. The number of ether oxygens (including phenoxy) is 2. The number of carbonyl (C=O) groups excluding carboxylic acids is 2. The van der Waals surface area contributed by atoms with E-state index >= 15 is 0 Å². The third-order valence-electron chi connectivity index (χ3n) is 8.04. The van der Waals surface area contributed by atoms with Gasteiger partial charge in [0.2, 0.25) is 0 Å². The maximum atomic E-state index is 12.6. The van der Waals surface area contributed by atoms with E-state index in [9.17, 15) is 22.6 Å². The molecule has 6 rings (SSSR count). The van der Waals surface area contributed by atoms with Crippen molar-refractivity contribution in [3.05, 3.63) is 52.2 Å². The van der Waals surface area contributed by atoms with Crippen molar-refractivity contribution in [3.63, 3.8) is 0 Å². The van der Waals surface area contributed by atoms with Crippen LogP contribution in [0.4, 0.5) is 0 Å². The van der Waals surface area contributed by atoms with Gasteiger partial charge in [0, 0.05) is 17.1 Å². The topological polar surface area (TPSA) is 107 Å². The first-order chi connectivity index (χ1) is 17.9. The number of halogens is 3. The molecule has 4 saturated carbocycles. The minimum atomic E-state index is -4.42. The molecule has 4 fully saturated rings. The molecule has 38 heavy (non-hydrogen) atoms. The maximum absolute atomic E-state index is 12.6. The van der Waals surface area contributed by atoms with Gasteiger partial charge in [-0.15, -0.1) is 0 Å². The van der Waals surface area contributed by atoms with Crippen molar-refractivity contribution < 1.29 is 32.0 Å². The zero-order chi connectivity index (χ0) is 27.2. The Bertz CT molecular complexity index is 1350. The molecule has 4 aliphatic rings. The van der Waals surface area contributed by atoms with Crippen molar-refractivity contribution in [1.82, 2.24) is 0 Å². The average molecular weight is 876 g/mol. The lowest BCUT2D eigenvalue weighted by Gasteiger charge is -2.57. The van der Waals surface area contributed by atoms with Crippen LogP contribution in [0.5, 0.6) is 5.75 Å². The largest absolute Gasteiger partial charge is 0.462 e. The Balaban J connectivity index is 1.23. The molecular weight excluding hydrogens is 849 g/mol. The van der Waals surface area contributed by atoms with Crippen LogP contribution in [0, 0.1) is 28.5 Å². The van der Waals surface area contributed by atoms with Crippen LogP contribution in [0.2, 0.25) is 0 Å². The van der Waals surface area contributed by atoms with Gasteiger partial charge in [0.25, 0.3) is 10.1 Å². The van der Waals surface area contributed by atoms with Crippen molar-refractivity contribution in [2.24, 2.45) is 17.8 Å². The van der Waals surface area contributed by atoms with Gasteiger partial charge in [-0.05, 0) is 172 Å². The summed E-state index contributed by atoms with van der Waals surface area (Å²) in [5.41, 5.74) is 0.779. The smallest absolute Gasteiger partial charge is 0.339 e. The number of hydrogen-bond donors (Lipinski definition) is 1. The number of benzene rings is 2. The maximum Gasteiger partial charge on any atom is 0.339 e. The summed E-state index contributed by atoms with van der Waals surface area (Å²) in [5.74, 6) is 1.09. The summed E-state index contributed by atoms with van der Waals surface area (Å²) in [5, 5.41) is 0. The second-order valence-corrected chi connectivity index (χ2v) is 15.7. The van der Waals surface area contributed by atoms with E-state index < -0.39 is 22.1 Å². The monoisotopic (exact) mass is 876 g/mol. The Morgan fingerprint density at radius 1 is 0.974 bits per heavy atom. The van der Waals surface area contributed by atoms with E-state index in [0.717, 1.165) is 30.0 Å². The van der Waals surface area contributed by atoms with Gasteiger partial charge in [-0.25, -0.2) is 4.79 Å². The molecule has 2 aromatic rings. The zero-order valence-electron chi connectivity index (χ0n) is 20.4. The lowest BCUT2D eigenvalue weighted by molar-refractivity contribution is -0.134. The molecule has 0 amide bonds. The Kier molecular flexibility index (Phi) is 8.69. The van der Waals surface area contributed by atoms with Crippen LogP contribution in [0.3, 0.4) is 0 Å². The quantitative estimate of drug-likeness (QED) is 0.0781. The van der Waals surface area contributed by atoms with Crippen molar-refractivity contribution in [3.8, 4) is 5.75 Å². The second kappa shape index (κ2) is 11.4. The normalized spacial score (nSPS) is 25.8. The Hall–Kier alpha value is -0.520. The van der Waals surface area contributed by atoms with Crippen LogP contribution in [0.25, 0.3) is 0 Å². The van der Waals surface area contributed by atoms with Crippen LogP contribution >= 0.6 is 67.8 Å². The third-order valence-corrected chi connectivity index (χ3v) is 12.6. The zero-order valence-corrected chi connectivity index (χ0v) is 27.7. The van der Waals surface area contributed by atoms with E-state index in [2.05, 4.69) is 67.8 Å². The number of hydrogen-bond acceptors (Lipinski definition) is 6. The Morgan fingerprint density at radius 3 is 2.21 bits per heavy atom. The standard InChI is InChI=1S/C27H27I3O7S/c28-18-9-20(25(30)22(29)10-18)26(32)36-5-1-2-24(31)37-19-3-4-23(38(33,34)35)21(11-19)27-12-15-6-16(13-27)8-17(7-15)14-27/h3-4,9-11,15-17H,1-2,5-8,12-14H2,(H,33,34,35). The number of rotatable bonds is 8. The molecule has 0 atom stereocenters. The van der Waals surface area contributed by atoms with E-state index in [1.54, 1.807) is 12.1 Å². The van der Waals surface area contributed by atoms with E-state index in [1.807, 2.05) is 6.07 Å². The van der Waals surface area contributed by atoms with Crippen LogP contribution in [0.15, 0.2) is 35.2 Å². The van der Waals surface area contributed by atoms with Crippen LogP contribution < -0.4 is 4.74 Å². The van der Waals surface area contributed by atoms with E-state index in [0.29, 0.717) is 35.3 Å².